The molecule has 2 heterocycles. The maximum absolute atomic E-state index is 13.3. The van der Waals surface area contributed by atoms with Crippen molar-refractivity contribution in [1.82, 2.24) is 4.98 Å². The lowest BCUT2D eigenvalue weighted by molar-refractivity contribution is 0.173. The van der Waals surface area contributed by atoms with Gasteiger partial charge in [-0.05, 0) is 13.0 Å². The molecule has 0 bridgehead atoms. The summed E-state index contributed by atoms with van der Waals surface area (Å²) in [5.41, 5.74) is 6.41. The fourth-order valence-electron chi connectivity index (χ4n) is 2.08. The van der Waals surface area contributed by atoms with Crippen LogP contribution in [0, 0.1) is 5.82 Å². The Balaban J connectivity index is 2.14. The zero-order chi connectivity index (χ0) is 12.9. The van der Waals surface area contributed by atoms with E-state index in [1.54, 1.807) is 0 Å². The zero-order valence-corrected chi connectivity index (χ0v) is 10.5. The number of fused-ring (bicyclic) bond motifs is 1. The van der Waals surface area contributed by atoms with Crippen LogP contribution < -0.4 is 5.73 Å². The molecule has 1 aromatic heterocycles. The molecule has 1 aliphatic heterocycles. The van der Waals surface area contributed by atoms with Crippen LogP contribution in [0.3, 0.4) is 0 Å². The van der Waals surface area contributed by atoms with Crippen molar-refractivity contribution in [3.8, 4) is 0 Å². The van der Waals surface area contributed by atoms with Crippen molar-refractivity contribution < 1.29 is 13.5 Å². The van der Waals surface area contributed by atoms with Crippen LogP contribution in [0.25, 0.3) is 11.1 Å². The first-order valence-electron chi connectivity index (χ1n) is 5.60. The van der Waals surface area contributed by atoms with E-state index in [4.69, 9.17) is 26.5 Å². The van der Waals surface area contributed by atoms with E-state index in [1.807, 2.05) is 6.92 Å². The second-order valence-electron chi connectivity index (χ2n) is 4.79. The van der Waals surface area contributed by atoms with Gasteiger partial charge in [0, 0.05) is 12.1 Å². The normalized spacial score (nSPS) is 28.1. The van der Waals surface area contributed by atoms with E-state index in [0.717, 1.165) is 0 Å². The summed E-state index contributed by atoms with van der Waals surface area (Å²) in [6.45, 7) is 2.83. The van der Waals surface area contributed by atoms with Gasteiger partial charge in [-0.1, -0.05) is 11.6 Å². The molecule has 96 valence electrons. The zero-order valence-electron chi connectivity index (χ0n) is 9.74. The smallest absolute Gasteiger partial charge is 0.205 e. The van der Waals surface area contributed by atoms with Crippen LogP contribution >= 0.6 is 11.6 Å². The highest BCUT2D eigenvalue weighted by atomic mass is 35.5. The van der Waals surface area contributed by atoms with Crippen LogP contribution in [-0.2, 0) is 10.2 Å². The molecule has 2 aromatic rings. The van der Waals surface area contributed by atoms with Crippen LogP contribution in [0.2, 0.25) is 5.02 Å². The predicted molar refractivity (Wildman–Crippen MR) is 65.1 cm³/mol. The van der Waals surface area contributed by atoms with Crippen LogP contribution in [-0.4, -0.2) is 24.2 Å². The molecule has 2 N–H and O–H groups in total. The Bertz CT molecular complexity index is 576. The Kier molecular flexibility index (Phi) is 2.59. The first kappa shape index (κ1) is 11.9. The van der Waals surface area contributed by atoms with Crippen molar-refractivity contribution >= 4 is 22.7 Å². The minimum atomic E-state index is -0.524. The number of oxazole rings is 1. The fourth-order valence-corrected chi connectivity index (χ4v) is 2.23. The highest BCUT2D eigenvalue weighted by molar-refractivity contribution is 6.31. The van der Waals surface area contributed by atoms with Crippen molar-refractivity contribution in [2.45, 2.75) is 18.4 Å². The van der Waals surface area contributed by atoms with E-state index < -0.39 is 11.2 Å². The molecule has 18 heavy (non-hydrogen) atoms. The Labute approximate surface area is 108 Å². The number of ether oxygens (including phenoxy) is 1. The van der Waals surface area contributed by atoms with Crippen molar-refractivity contribution in [2.24, 2.45) is 5.73 Å². The average molecular weight is 271 g/mol. The number of aromatic nitrogens is 1. The highest BCUT2D eigenvalue weighted by Gasteiger charge is 2.43. The van der Waals surface area contributed by atoms with Gasteiger partial charge in [-0.25, -0.2) is 9.37 Å². The molecule has 1 aromatic carbocycles. The number of benzene rings is 1. The summed E-state index contributed by atoms with van der Waals surface area (Å²) >= 11 is 5.71. The van der Waals surface area contributed by atoms with Crippen molar-refractivity contribution in [3.05, 3.63) is 28.9 Å². The molecule has 3 rings (SSSR count). The van der Waals surface area contributed by atoms with Crippen LogP contribution in [0.15, 0.2) is 16.5 Å². The number of nitrogens with two attached hydrogens (primary N) is 1. The monoisotopic (exact) mass is 270 g/mol. The first-order valence-corrected chi connectivity index (χ1v) is 5.98. The Morgan fingerprint density at radius 2 is 2.33 bits per heavy atom. The summed E-state index contributed by atoms with van der Waals surface area (Å²) in [4.78, 5) is 4.34. The summed E-state index contributed by atoms with van der Waals surface area (Å²) in [6.07, 6.45) is 0. The summed E-state index contributed by atoms with van der Waals surface area (Å²) in [6, 6.07) is 2.49. The maximum atomic E-state index is 13.3. The van der Waals surface area contributed by atoms with Gasteiger partial charge in [-0.3, -0.25) is 0 Å². The van der Waals surface area contributed by atoms with E-state index in [2.05, 4.69) is 4.98 Å². The summed E-state index contributed by atoms with van der Waals surface area (Å²) in [7, 11) is 0. The van der Waals surface area contributed by atoms with Gasteiger partial charge in [0.05, 0.1) is 23.7 Å². The molecule has 1 saturated heterocycles. The maximum Gasteiger partial charge on any atom is 0.205 e. The number of rotatable bonds is 1. The largest absolute Gasteiger partial charge is 0.440 e. The second kappa shape index (κ2) is 3.91. The van der Waals surface area contributed by atoms with Crippen LogP contribution in [0.1, 0.15) is 12.8 Å². The first-order chi connectivity index (χ1) is 8.50. The van der Waals surface area contributed by atoms with Gasteiger partial charge < -0.3 is 14.9 Å². The van der Waals surface area contributed by atoms with Gasteiger partial charge in [-0.15, -0.1) is 0 Å². The molecule has 1 aliphatic rings. The molecule has 0 spiro atoms. The van der Waals surface area contributed by atoms with E-state index in [0.29, 0.717) is 30.2 Å². The molecule has 1 fully saturated rings. The van der Waals surface area contributed by atoms with Crippen LogP contribution in [0.4, 0.5) is 4.39 Å². The molecule has 0 aliphatic carbocycles. The number of hydrogen-bond donors (Lipinski definition) is 1. The average Bonchev–Trinajstić information content (AvgIpc) is 2.86. The van der Waals surface area contributed by atoms with Gasteiger partial charge in [-0.2, -0.15) is 0 Å². The number of hydrogen-bond acceptors (Lipinski definition) is 4. The summed E-state index contributed by atoms with van der Waals surface area (Å²) < 4.78 is 24.3. The summed E-state index contributed by atoms with van der Waals surface area (Å²) in [5.74, 6) is -0.0619. The molecule has 2 unspecified atom stereocenters. The van der Waals surface area contributed by atoms with E-state index in [9.17, 15) is 4.39 Å². The molecule has 2 atom stereocenters. The lowest BCUT2D eigenvalue weighted by Gasteiger charge is -2.22. The third-order valence-corrected chi connectivity index (χ3v) is 3.73. The number of halogens is 2. The van der Waals surface area contributed by atoms with E-state index in [1.165, 1.54) is 12.1 Å². The number of nitrogens with zero attached hydrogens (tertiary/aromatic N) is 1. The van der Waals surface area contributed by atoms with Crippen LogP contribution in [0.5, 0.6) is 0 Å². The Hall–Kier alpha value is -1.17. The highest BCUT2D eigenvalue weighted by Crippen LogP contribution is 2.34. The van der Waals surface area contributed by atoms with E-state index >= 15 is 0 Å². The summed E-state index contributed by atoms with van der Waals surface area (Å²) in [5, 5.41) is 0.0273. The van der Waals surface area contributed by atoms with Gasteiger partial charge in [0.2, 0.25) is 5.89 Å². The van der Waals surface area contributed by atoms with E-state index in [-0.39, 0.29) is 11.1 Å². The lowest BCUT2D eigenvalue weighted by atomic mass is 9.86. The SMILES string of the molecule is CC1(c2nc3cc(Cl)c(F)cc3o2)COCC1N. The quantitative estimate of drug-likeness (QED) is 0.863. The second-order valence-corrected chi connectivity index (χ2v) is 5.20. The van der Waals surface area contributed by atoms with Crippen molar-refractivity contribution in [2.75, 3.05) is 13.2 Å². The van der Waals surface area contributed by atoms with Crippen molar-refractivity contribution in [3.63, 3.8) is 0 Å². The minimum absolute atomic E-state index is 0.0273. The Morgan fingerprint density at radius 3 is 3.00 bits per heavy atom. The standard InChI is InChI=1S/C12H12ClFN2O2/c1-12(5-17-4-10(12)15)11-16-8-2-6(13)7(14)3-9(8)18-11/h2-3,10H,4-5,15H2,1H3. The molecule has 4 nitrogen and oxygen atoms in total. The molecule has 6 heteroatoms. The fraction of sp³-hybridized carbons (Fsp3) is 0.417. The third-order valence-electron chi connectivity index (χ3n) is 3.44. The van der Waals surface area contributed by atoms with Crippen molar-refractivity contribution in [1.29, 1.82) is 0 Å². The third kappa shape index (κ3) is 1.62. The molecule has 0 amide bonds. The van der Waals surface area contributed by atoms with Gasteiger partial charge in [0.15, 0.2) is 5.58 Å². The Morgan fingerprint density at radius 1 is 1.56 bits per heavy atom. The molecular formula is C12H12ClFN2O2. The molecule has 0 saturated carbocycles. The van der Waals surface area contributed by atoms with Gasteiger partial charge in [0.25, 0.3) is 0 Å². The topological polar surface area (TPSA) is 61.3 Å². The van der Waals surface area contributed by atoms with Gasteiger partial charge in [0.1, 0.15) is 11.3 Å². The van der Waals surface area contributed by atoms with Gasteiger partial charge >= 0.3 is 0 Å². The lowest BCUT2D eigenvalue weighted by Crippen LogP contribution is -2.42. The minimum Gasteiger partial charge on any atom is -0.440 e. The predicted octanol–water partition coefficient (Wildman–Crippen LogP) is 2.24. The molecular weight excluding hydrogens is 259 g/mol. The molecule has 0 radical (unpaired) electrons.